The average molecular weight is 504 g/mol. The Bertz CT molecular complexity index is 896. The van der Waals surface area contributed by atoms with Crippen molar-refractivity contribution in [2.24, 2.45) is 4.99 Å². The van der Waals surface area contributed by atoms with Gasteiger partial charge in [0.15, 0.2) is 5.96 Å². The Labute approximate surface area is 190 Å². The van der Waals surface area contributed by atoms with E-state index in [0.717, 1.165) is 35.4 Å². The van der Waals surface area contributed by atoms with Gasteiger partial charge in [-0.3, -0.25) is 9.98 Å². The molecule has 1 aromatic heterocycles. The van der Waals surface area contributed by atoms with Crippen molar-refractivity contribution >= 4 is 40.8 Å². The lowest BCUT2D eigenvalue weighted by Crippen LogP contribution is -2.37. The normalized spacial score (nSPS) is 12.3. The van der Waals surface area contributed by atoms with Gasteiger partial charge in [0.2, 0.25) is 0 Å². The Morgan fingerprint density at radius 2 is 1.83 bits per heavy atom. The Morgan fingerprint density at radius 3 is 2.62 bits per heavy atom. The van der Waals surface area contributed by atoms with E-state index in [2.05, 4.69) is 63.9 Å². The maximum Gasteiger partial charge on any atom is 0.191 e. The van der Waals surface area contributed by atoms with Crippen LogP contribution in [0.3, 0.4) is 0 Å². The van der Waals surface area contributed by atoms with Gasteiger partial charge in [0.05, 0.1) is 11.6 Å². The van der Waals surface area contributed by atoms with Gasteiger partial charge >= 0.3 is 0 Å². The van der Waals surface area contributed by atoms with Gasteiger partial charge < -0.3 is 15.4 Å². The molecular formula is C23H29IN4O. The van der Waals surface area contributed by atoms with Crippen LogP contribution < -0.4 is 10.6 Å². The monoisotopic (exact) mass is 504 g/mol. The van der Waals surface area contributed by atoms with E-state index in [0.29, 0.717) is 13.2 Å². The number of aromatic nitrogens is 1. The van der Waals surface area contributed by atoms with E-state index >= 15 is 0 Å². The molecule has 6 heteroatoms. The number of hydrogen-bond donors (Lipinski definition) is 2. The van der Waals surface area contributed by atoms with Crippen LogP contribution in [0.1, 0.15) is 30.6 Å². The predicted molar refractivity (Wildman–Crippen MR) is 131 cm³/mol. The van der Waals surface area contributed by atoms with Crippen LogP contribution >= 0.6 is 24.0 Å². The van der Waals surface area contributed by atoms with Crippen molar-refractivity contribution in [3.05, 3.63) is 78.0 Å². The molecule has 0 radical (unpaired) electrons. The molecule has 5 nitrogen and oxygen atoms in total. The summed E-state index contributed by atoms with van der Waals surface area (Å²) in [5, 5.41) is 7.85. The molecule has 0 aliphatic carbocycles. The number of guanidine groups is 1. The van der Waals surface area contributed by atoms with Crippen LogP contribution in [-0.4, -0.2) is 31.1 Å². The van der Waals surface area contributed by atoms with Crippen molar-refractivity contribution in [1.82, 2.24) is 15.6 Å². The number of hydrogen-bond acceptors (Lipinski definition) is 3. The Kier molecular flexibility index (Phi) is 9.87. The zero-order valence-corrected chi connectivity index (χ0v) is 19.3. The van der Waals surface area contributed by atoms with Gasteiger partial charge in [-0.05, 0) is 30.5 Å². The zero-order chi connectivity index (χ0) is 19.6. The number of benzene rings is 2. The molecule has 2 N–H and O–H groups in total. The molecule has 0 saturated heterocycles. The van der Waals surface area contributed by atoms with Crippen LogP contribution in [0.4, 0.5) is 0 Å². The lowest BCUT2D eigenvalue weighted by molar-refractivity contribution is 0.0646. The maximum absolute atomic E-state index is 5.91. The molecule has 3 rings (SSSR count). The summed E-state index contributed by atoms with van der Waals surface area (Å²) < 4.78 is 5.91. The number of ether oxygens (including phenoxy) is 1. The maximum atomic E-state index is 5.91. The van der Waals surface area contributed by atoms with Gasteiger partial charge in [-0.15, -0.1) is 24.0 Å². The lowest BCUT2D eigenvalue weighted by atomic mass is 10.1. The fraction of sp³-hybridized carbons (Fsp3) is 0.304. The first kappa shape index (κ1) is 23.1. The standard InChI is InChI=1S/C23H28N4O.HI/c1-18(19-9-4-3-5-10-19)28-16-8-15-26-23(24-2)27-17-21-12-6-11-20-13-7-14-25-22(20)21;/h3-7,9-14,18H,8,15-17H2,1-2H3,(H2,24,26,27);1H. The first-order valence-electron chi connectivity index (χ1n) is 9.71. The predicted octanol–water partition coefficient (Wildman–Crippen LogP) is 4.69. The minimum Gasteiger partial charge on any atom is -0.374 e. The first-order chi connectivity index (χ1) is 13.8. The quantitative estimate of drug-likeness (QED) is 0.202. The molecule has 0 spiro atoms. The summed E-state index contributed by atoms with van der Waals surface area (Å²) in [5.74, 6) is 0.782. The van der Waals surface area contributed by atoms with E-state index in [1.165, 1.54) is 5.56 Å². The van der Waals surface area contributed by atoms with Crippen molar-refractivity contribution in [1.29, 1.82) is 0 Å². The molecule has 2 aromatic carbocycles. The Hall–Kier alpha value is -2.19. The number of rotatable bonds is 8. The molecule has 1 atom stereocenters. The minimum absolute atomic E-state index is 0. The van der Waals surface area contributed by atoms with E-state index in [4.69, 9.17) is 4.74 Å². The molecule has 0 aliphatic rings. The van der Waals surface area contributed by atoms with Crippen LogP contribution in [0.25, 0.3) is 10.9 Å². The average Bonchev–Trinajstić information content (AvgIpc) is 2.76. The third kappa shape index (κ3) is 6.97. The highest BCUT2D eigenvalue weighted by atomic mass is 127. The molecule has 1 heterocycles. The third-order valence-electron chi connectivity index (χ3n) is 4.64. The van der Waals surface area contributed by atoms with Gasteiger partial charge in [-0.1, -0.05) is 54.6 Å². The van der Waals surface area contributed by atoms with Crippen LogP contribution in [0.2, 0.25) is 0 Å². The van der Waals surface area contributed by atoms with Gasteiger partial charge in [0, 0.05) is 38.3 Å². The molecule has 0 saturated carbocycles. The van der Waals surface area contributed by atoms with Crippen molar-refractivity contribution in [2.75, 3.05) is 20.2 Å². The number of pyridine rings is 1. The third-order valence-corrected chi connectivity index (χ3v) is 4.64. The van der Waals surface area contributed by atoms with Gasteiger partial charge in [0.1, 0.15) is 0 Å². The van der Waals surface area contributed by atoms with Crippen LogP contribution in [0, 0.1) is 0 Å². The number of fused-ring (bicyclic) bond motifs is 1. The molecule has 0 bridgehead atoms. The molecule has 1 unspecified atom stereocenters. The van der Waals surface area contributed by atoms with E-state index in [-0.39, 0.29) is 30.1 Å². The number of para-hydroxylation sites is 1. The number of nitrogens with zero attached hydrogens (tertiary/aromatic N) is 2. The summed E-state index contributed by atoms with van der Waals surface area (Å²) in [6.07, 6.45) is 2.85. The van der Waals surface area contributed by atoms with Gasteiger partial charge in [-0.25, -0.2) is 0 Å². The molecule has 29 heavy (non-hydrogen) atoms. The van der Waals surface area contributed by atoms with E-state index < -0.39 is 0 Å². The van der Waals surface area contributed by atoms with E-state index in [1.807, 2.05) is 30.5 Å². The Balaban J connectivity index is 0.00000300. The molecular weight excluding hydrogens is 475 g/mol. The number of nitrogens with one attached hydrogen (secondary N) is 2. The highest BCUT2D eigenvalue weighted by molar-refractivity contribution is 14.0. The van der Waals surface area contributed by atoms with E-state index in [1.54, 1.807) is 7.05 Å². The molecule has 154 valence electrons. The topological polar surface area (TPSA) is 58.5 Å². The van der Waals surface area contributed by atoms with Crippen molar-refractivity contribution in [3.63, 3.8) is 0 Å². The van der Waals surface area contributed by atoms with Crippen LogP contribution in [-0.2, 0) is 11.3 Å². The van der Waals surface area contributed by atoms with Gasteiger partial charge in [0.25, 0.3) is 0 Å². The SMILES string of the molecule is CN=C(NCCCOC(C)c1ccccc1)NCc1cccc2cccnc12.I. The Morgan fingerprint density at radius 1 is 1.03 bits per heavy atom. The largest absolute Gasteiger partial charge is 0.374 e. The summed E-state index contributed by atoms with van der Waals surface area (Å²) in [6.45, 7) is 4.26. The second-order valence-corrected chi connectivity index (χ2v) is 6.62. The van der Waals surface area contributed by atoms with Crippen molar-refractivity contribution < 1.29 is 4.74 Å². The molecule has 0 aliphatic heterocycles. The summed E-state index contributed by atoms with van der Waals surface area (Å²) in [4.78, 5) is 8.79. The van der Waals surface area contributed by atoms with Gasteiger partial charge in [-0.2, -0.15) is 0 Å². The second-order valence-electron chi connectivity index (χ2n) is 6.62. The first-order valence-corrected chi connectivity index (χ1v) is 9.71. The fourth-order valence-corrected chi connectivity index (χ4v) is 3.07. The fourth-order valence-electron chi connectivity index (χ4n) is 3.07. The highest BCUT2D eigenvalue weighted by Crippen LogP contribution is 2.16. The van der Waals surface area contributed by atoms with Crippen molar-refractivity contribution in [3.8, 4) is 0 Å². The number of aliphatic imine (C=N–C) groups is 1. The zero-order valence-electron chi connectivity index (χ0n) is 17.0. The van der Waals surface area contributed by atoms with Crippen molar-refractivity contribution in [2.45, 2.75) is 26.0 Å². The van der Waals surface area contributed by atoms with Crippen LogP contribution in [0.5, 0.6) is 0 Å². The smallest absolute Gasteiger partial charge is 0.191 e. The highest BCUT2D eigenvalue weighted by Gasteiger charge is 2.05. The second kappa shape index (κ2) is 12.4. The summed E-state index contributed by atoms with van der Waals surface area (Å²) >= 11 is 0. The summed E-state index contributed by atoms with van der Waals surface area (Å²) in [6, 6.07) is 20.6. The summed E-state index contributed by atoms with van der Waals surface area (Å²) in [7, 11) is 1.78. The summed E-state index contributed by atoms with van der Waals surface area (Å²) in [5.41, 5.74) is 3.38. The molecule has 0 fully saturated rings. The lowest BCUT2D eigenvalue weighted by Gasteiger charge is -2.15. The van der Waals surface area contributed by atoms with E-state index in [9.17, 15) is 0 Å². The molecule has 3 aromatic rings. The minimum atomic E-state index is 0. The molecule has 0 amide bonds. The number of halogens is 1. The van der Waals surface area contributed by atoms with Crippen LogP contribution in [0.15, 0.2) is 71.9 Å².